The average molecular weight is 407 g/mol. The molecule has 0 fully saturated rings. The summed E-state index contributed by atoms with van der Waals surface area (Å²) in [5.74, 6) is 6.18. The highest BCUT2D eigenvalue weighted by atomic mass is 16.2. The first-order chi connectivity index (χ1) is 15.3. The van der Waals surface area contributed by atoms with Gasteiger partial charge in [-0.05, 0) is 48.4 Å². The van der Waals surface area contributed by atoms with Gasteiger partial charge < -0.3 is 5.32 Å². The molecule has 0 aliphatic carbocycles. The van der Waals surface area contributed by atoms with Crippen molar-refractivity contribution in [3.63, 3.8) is 0 Å². The highest BCUT2D eigenvalue weighted by Gasteiger charge is 2.29. The third kappa shape index (κ3) is 3.84. The highest BCUT2D eigenvalue weighted by Crippen LogP contribution is 2.27. The van der Waals surface area contributed by atoms with Gasteiger partial charge in [0, 0.05) is 36.3 Å². The van der Waals surface area contributed by atoms with Crippen molar-refractivity contribution in [2.75, 3.05) is 5.32 Å². The number of carbonyl (C=O) groups is 1. The Balaban J connectivity index is 1.33. The Morgan fingerprint density at radius 1 is 1.03 bits per heavy atom. The van der Waals surface area contributed by atoms with Crippen molar-refractivity contribution in [3.05, 3.63) is 90.1 Å². The Morgan fingerprint density at radius 2 is 2.00 bits per heavy atom. The first-order valence-corrected chi connectivity index (χ1v) is 9.72. The average Bonchev–Trinajstić information content (AvgIpc) is 3.46. The Kier molecular flexibility index (Phi) is 4.83. The van der Waals surface area contributed by atoms with Crippen molar-refractivity contribution in [1.82, 2.24) is 24.6 Å². The van der Waals surface area contributed by atoms with Crippen LogP contribution in [-0.2, 0) is 0 Å². The van der Waals surface area contributed by atoms with Crippen molar-refractivity contribution >= 4 is 23.6 Å². The monoisotopic (exact) mass is 407 g/mol. The molecule has 1 atom stereocenters. The number of nitrogens with one attached hydrogen (secondary N) is 1. The van der Waals surface area contributed by atoms with E-state index in [0.717, 1.165) is 16.9 Å². The summed E-state index contributed by atoms with van der Waals surface area (Å²) in [5, 5.41) is 12.8. The number of nitrogens with zero attached hydrogens (tertiary/aromatic N) is 6. The number of rotatable bonds is 2. The molecule has 4 aromatic rings. The number of pyridine rings is 1. The van der Waals surface area contributed by atoms with Crippen molar-refractivity contribution in [2.24, 2.45) is 5.10 Å². The third-order valence-electron chi connectivity index (χ3n) is 4.79. The second-order valence-electron chi connectivity index (χ2n) is 6.85. The number of fused-ring (bicyclic) bond motifs is 1. The van der Waals surface area contributed by atoms with Crippen LogP contribution in [0.2, 0.25) is 0 Å². The molecule has 8 heteroatoms. The minimum Gasteiger partial charge on any atom is -0.306 e. The second-order valence-corrected chi connectivity index (χ2v) is 6.85. The van der Waals surface area contributed by atoms with E-state index >= 15 is 0 Å². The van der Waals surface area contributed by atoms with Gasteiger partial charge >= 0.3 is 6.03 Å². The zero-order valence-electron chi connectivity index (χ0n) is 16.4. The van der Waals surface area contributed by atoms with Gasteiger partial charge in [0.05, 0.1) is 11.9 Å². The molecular formula is C23H17N7O. The Hall–Kier alpha value is -4.51. The fourth-order valence-electron chi connectivity index (χ4n) is 3.33. The lowest BCUT2D eigenvalue weighted by molar-refractivity contribution is 0.199. The van der Waals surface area contributed by atoms with Gasteiger partial charge in [-0.1, -0.05) is 18.1 Å². The van der Waals surface area contributed by atoms with Gasteiger partial charge in [-0.2, -0.15) is 10.2 Å². The number of aromatic nitrogens is 4. The van der Waals surface area contributed by atoms with Gasteiger partial charge in [0.1, 0.15) is 11.7 Å². The normalized spacial score (nSPS) is 15.0. The molecule has 31 heavy (non-hydrogen) atoms. The maximum atomic E-state index is 12.8. The molecule has 1 aromatic carbocycles. The summed E-state index contributed by atoms with van der Waals surface area (Å²) in [6, 6.07) is 16.2. The number of hydrazone groups is 1. The first-order valence-electron chi connectivity index (χ1n) is 9.72. The molecule has 0 radical (unpaired) electrons. The van der Waals surface area contributed by atoms with E-state index in [0.29, 0.717) is 17.8 Å². The molecule has 1 aliphatic rings. The molecule has 5 rings (SSSR count). The number of hydrogen-bond donors (Lipinski definition) is 1. The predicted molar refractivity (Wildman–Crippen MR) is 116 cm³/mol. The van der Waals surface area contributed by atoms with Gasteiger partial charge in [0.15, 0.2) is 5.65 Å². The van der Waals surface area contributed by atoms with Gasteiger partial charge in [0.25, 0.3) is 0 Å². The molecular weight excluding hydrogens is 390 g/mol. The molecule has 8 nitrogen and oxygen atoms in total. The number of anilines is 1. The Bertz CT molecular complexity index is 1330. The summed E-state index contributed by atoms with van der Waals surface area (Å²) in [6.45, 7) is 0. The van der Waals surface area contributed by atoms with Gasteiger partial charge in [-0.25, -0.2) is 19.3 Å². The SMILES string of the molecule is O=C(Nc1cccc(C#Cc2cnc3cccnn23)c1)N1N=CCC1c1ccccn1. The van der Waals surface area contributed by atoms with Crippen molar-refractivity contribution in [3.8, 4) is 11.8 Å². The van der Waals surface area contributed by atoms with E-state index < -0.39 is 0 Å². The van der Waals surface area contributed by atoms with E-state index in [-0.39, 0.29) is 12.1 Å². The Morgan fingerprint density at radius 3 is 2.90 bits per heavy atom. The molecule has 4 heterocycles. The van der Waals surface area contributed by atoms with Crippen LogP contribution in [0.4, 0.5) is 10.5 Å². The molecule has 1 unspecified atom stereocenters. The number of benzene rings is 1. The molecule has 0 saturated heterocycles. The molecule has 0 bridgehead atoms. The maximum Gasteiger partial charge on any atom is 0.342 e. The minimum absolute atomic E-state index is 0.216. The fraction of sp³-hybridized carbons (Fsp3) is 0.0870. The van der Waals surface area contributed by atoms with Crippen molar-refractivity contribution < 1.29 is 4.79 Å². The highest BCUT2D eigenvalue weighted by molar-refractivity contribution is 5.91. The standard InChI is InChI=1S/C23H17N7O/c31-23(30-21(11-14-27-30)20-7-1-2-12-24-20)28-18-6-3-5-17(15-18)9-10-19-16-25-22-8-4-13-26-29(19)22/h1-8,12-16,21H,11H2,(H,28,31). The fourth-order valence-corrected chi connectivity index (χ4v) is 3.33. The smallest absolute Gasteiger partial charge is 0.306 e. The van der Waals surface area contributed by atoms with Crippen LogP contribution < -0.4 is 5.32 Å². The van der Waals surface area contributed by atoms with E-state index in [1.54, 1.807) is 29.3 Å². The summed E-state index contributed by atoms with van der Waals surface area (Å²) in [6.07, 6.45) is 7.44. The number of hydrogen-bond acceptors (Lipinski definition) is 5. The van der Waals surface area contributed by atoms with Crippen LogP contribution >= 0.6 is 0 Å². The summed E-state index contributed by atoms with van der Waals surface area (Å²) in [7, 11) is 0. The van der Waals surface area contributed by atoms with Crippen LogP contribution in [0.15, 0.2) is 78.3 Å². The maximum absolute atomic E-state index is 12.8. The van der Waals surface area contributed by atoms with Gasteiger partial charge in [-0.15, -0.1) is 0 Å². The number of amides is 2. The second kappa shape index (κ2) is 8.08. The van der Waals surface area contributed by atoms with E-state index in [9.17, 15) is 4.79 Å². The van der Waals surface area contributed by atoms with Gasteiger partial charge in [-0.3, -0.25) is 4.98 Å². The zero-order chi connectivity index (χ0) is 21.0. The summed E-state index contributed by atoms with van der Waals surface area (Å²) >= 11 is 0. The van der Waals surface area contributed by atoms with Crippen LogP contribution in [0, 0.1) is 11.8 Å². The molecule has 0 saturated carbocycles. The van der Waals surface area contributed by atoms with Gasteiger partial charge in [0.2, 0.25) is 0 Å². The number of urea groups is 1. The van der Waals surface area contributed by atoms with E-state index in [2.05, 4.69) is 37.3 Å². The predicted octanol–water partition coefficient (Wildman–Crippen LogP) is 3.49. The lowest BCUT2D eigenvalue weighted by Gasteiger charge is -2.21. The third-order valence-corrected chi connectivity index (χ3v) is 4.79. The zero-order valence-corrected chi connectivity index (χ0v) is 16.4. The van der Waals surface area contributed by atoms with Crippen LogP contribution in [0.3, 0.4) is 0 Å². The molecule has 0 spiro atoms. The molecule has 2 amide bonds. The summed E-state index contributed by atoms with van der Waals surface area (Å²) < 4.78 is 1.68. The lowest BCUT2D eigenvalue weighted by Crippen LogP contribution is -2.31. The summed E-state index contributed by atoms with van der Waals surface area (Å²) in [5.41, 5.74) is 3.62. The van der Waals surface area contributed by atoms with E-state index in [1.165, 1.54) is 5.01 Å². The van der Waals surface area contributed by atoms with Crippen LogP contribution in [0.1, 0.15) is 29.4 Å². The number of carbonyl (C=O) groups excluding carboxylic acids is 1. The van der Waals surface area contributed by atoms with Crippen molar-refractivity contribution in [1.29, 1.82) is 0 Å². The number of imidazole rings is 1. The molecule has 3 aromatic heterocycles. The molecule has 1 N–H and O–H groups in total. The minimum atomic E-state index is -0.319. The first kappa shape index (κ1) is 18.5. The molecule has 150 valence electrons. The van der Waals surface area contributed by atoms with Crippen LogP contribution in [-0.4, -0.2) is 36.8 Å². The van der Waals surface area contributed by atoms with Crippen molar-refractivity contribution in [2.45, 2.75) is 12.5 Å². The Labute approximate surface area is 178 Å². The van der Waals surface area contributed by atoms with Crippen LogP contribution in [0.25, 0.3) is 5.65 Å². The van der Waals surface area contributed by atoms with E-state index in [1.807, 2.05) is 54.6 Å². The molecule has 1 aliphatic heterocycles. The van der Waals surface area contributed by atoms with E-state index in [4.69, 9.17) is 0 Å². The summed E-state index contributed by atoms with van der Waals surface area (Å²) in [4.78, 5) is 21.5. The lowest BCUT2D eigenvalue weighted by atomic mass is 10.1. The largest absolute Gasteiger partial charge is 0.342 e. The topological polar surface area (TPSA) is 87.8 Å². The van der Waals surface area contributed by atoms with Crippen LogP contribution in [0.5, 0.6) is 0 Å². The quantitative estimate of drug-likeness (QED) is 0.515.